The van der Waals surface area contributed by atoms with Crippen LogP contribution in [0, 0.1) is 19.8 Å². The number of carbonyl (C=O) groups is 1. The first-order chi connectivity index (χ1) is 8.61. The van der Waals surface area contributed by atoms with Crippen LogP contribution in [0.5, 0.6) is 0 Å². The van der Waals surface area contributed by atoms with Crippen molar-refractivity contribution in [2.45, 2.75) is 45.6 Å². The quantitative estimate of drug-likeness (QED) is 0.865. The normalized spacial score (nSPS) is 23.9. The van der Waals surface area contributed by atoms with E-state index in [1.165, 1.54) is 0 Å². The van der Waals surface area contributed by atoms with E-state index in [9.17, 15) is 9.90 Å². The van der Waals surface area contributed by atoms with Gasteiger partial charge in [-0.15, -0.1) is 0 Å². The highest BCUT2D eigenvalue weighted by atomic mass is 16.3. The molecular weight excluding hydrogens is 230 g/mol. The highest BCUT2D eigenvalue weighted by Crippen LogP contribution is 2.24. The zero-order valence-corrected chi connectivity index (χ0v) is 11.0. The van der Waals surface area contributed by atoms with Gasteiger partial charge in [0.25, 0.3) is 5.91 Å². The van der Waals surface area contributed by atoms with Crippen LogP contribution in [0.25, 0.3) is 0 Å². The van der Waals surface area contributed by atoms with Crippen molar-refractivity contribution in [3.8, 4) is 0 Å². The van der Waals surface area contributed by atoms with Gasteiger partial charge in [0.05, 0.1) is 0 Å². The van der Waals surface area contributed by atoms with Gasteiger partial charge in [-0.2, -0.15) is 0 Å². The largest absolute Gasteiger partial charge is 0.456 e. The van der Waals surface area contributed by atoms with Crippen LogP contribution in [0.1, 0.15) is 47.6 Å². The number of nitrogens with one attached hydrogen (secondary N) is 1. The molecule has 1 fully saturated rings. The Morgan fingerprint density at radius 2 is 2.17 bits per heavy atom. The van der Waals surface area contributed by atoms with Gasteiger partial charge in [-0.05, 0) is 38.3 Å². The number of hydrogen-bond acceptors (Lipinski definition) is 3. The second kappa shape index (κ2) is 5.57. The number of carbonyl (C=O) groups excluding carboxylic acids is 1. The Hall–Kier alpha value is -1.29. The highest BCUT2D eigenvalue weighted by molar-refractivity contribution is 5.92. The summed E-state index contributed by atoms with van der Waals surface area (Å²) >= 11 is 0. The van der Waals surface area contributed by atoms with Gasteiger partial charge in [0.2, 0.25) is 0 Å². The Balaban J connectivity index is 2.01. The average Bonchev–Trinajstić information content (AvgIpc) is 2.70. The van der Waals surface area contributed by atoms with E-state index in [4.69, 9.17) is 4.42 Å². The lowest BCUT2D eigenvalue weighted by Gasteiger charge is -2.30. The highest BCUT2D eigenvalue weighted by Gasteiger charge is 2.27. The number of aliphatic hydroxyl groups is 1. The van der Waals surface area contributed by atoms with E-state index in [1.807, 2.05) is 13.8 Å². The molecule has 0 aromatic carbocycles. The Kier molecular flexibility index (Phi) is 4.07. The third-order valence-corrected chi connectivity index (χ3v) is 3.85. The van der Waals surface area contributed by atoms with E-state index in [1.54, 1.807) is 6.07 Å². The zero-order chi connectivity index (χ0) is 13.1. The molecule has 0 aliphatic heterocycles. The molecule has 2 atom stereocenters. The van der Waals surface area contributed by atoms with Gasteiger partial charge >= 0.3 is 0 Å². The van der Waals surface area contributed by atoms with Crippen molar-refractivity contribution in [1.82, 2.24) is 5.32 Å². The number of aryl methyl sites for hydroxylation is 2. The summed E-state index contributed by atoms with van der Waals surface area (Å²) in [6.07, 6.45) is 4.17. The summed E-state index contributed by atoms with van der Waals surface area (Å²) in [7, 11) is 0. The summed E-state index contributed by atoms with van der Waals surface area (Å²) < 4.78 is 5.41. The van der Waals surface area contributed by atoms with Gasteiger partial charge in [-0.25, -0.2) is 0 Å². The van der Waals surface area contributed by atoms with Crippen molar-refractivity contribution in [2.75, 3.05) is 6.61 Å². The molecular formula is C14H21NO3. The minimum absolute atomic E-state index is 0.0713. The molecule has 4 heteroatoms. The van der Waals surface area contributed by atoms with E-state index in [0.29, 0.717) is 5.76 Å². The Morgan fingerprint density at radius 1 is 1.44 bits per heavy atom. The molecule has 1 aromatic rings. The van der Waals surface area contributed by atoms with E-state index < -0.39 is 0 Å². The first-order valence-electron chi connectivity index (χ1n) is 6.60. The fourth-order valence-electron chi connectivity index (χ4n) is 2.54. The number of furan rings is 1. The third-order valence-electron chi connectivity index (χ3n) is 3.85. The van der Waals surface area contributed by atoms with Gasteiger partial charge in [-0.1, -0.05) is 12.8 Å². The summed E-state index contributed by atoms with van der Waals surface area (Å²) in [5, 5.41) is 12.3. The first kappa shape index (κ1) is 13.1. The predicted molar refractivity (Wildman–Crippen MR) is 68.5 cm³/mol. The molecule has 2 rings (SSSR count). The molecule has 0 radical (unpaired) electrons. The summed E-state index contributed by atoms with van der Waals surface area (Å²) in [4.78, 5) is 12.1. The molecule has 4 nitrogen and oxygen atoms in total. The summed E-state index contributed by atoms with van der Waals surface area (Å²) in [6.45, 7) is 3.91. The Bertz CT molecular complexity index is 405. The number of rotatable bonds is 3. The molecule has 18 heavy (non-hydrogen) atoms. The minimum atomic E-state index is -0.170. The molecule has 1 aliphatic carbocycles. The number of aliphatic hydroxyl groups excluding tert-OH is 1. The van der Waals surface area contributed by atoms with Crippen LogP contribution in [-0.2, 0) is 0 Å². The van der Waals surface area contributed by atoms with Crippen LogP contribution in [0.4, 0.5) is 0 Å². The summed E-state index contributed by atoms with van der Waals surface area (Å²) in [6, 6.07) is 1.84. The second-order valence-electron chi connectivity index (χ2n) is 5.16. The second-order valence-corrected chi connectivity index (χ2v) is 5.16. The summed E-state index contributed by atoms with van der Waals surface area (Å²) in [5.41, 5.74) is 0.988. The molecule has 0 spiro atoms. The minimum Gasteiger partial charge on any atom is -0.456 e. The number of hydrogen-bond donors (Lipinski definition) is 2. The van der Waals surface area contributed by atoms with Crippen LogP contribution in [0.15, 0.2) is 10.5 Å². The third kappa shape index (κ3) is 2.75. The lowest BCUT2D eigenvalue weighted by atomic mass is 9.85. The standard InChI is InChI=1S/C14H21NO3/c1-9-7-13(18-10(9)2)14(17)15-12-6-4-3-5-11(12)8-16/h7,11-12,16H,3-6,8H2,1-2H3,(H,15,17). The Labute approximate surface area is 107 Å². The molecule has 100 valence electrons. The van der Waals surface area contributed by atoms with Crippen molar-refractivity contribution in [3.05, 3.63) is 23.2 Å². The van der Waals surface area contributed by atoms with Crippen LogP contribution < -0.4 is 5.32 Å². The molecule has 0 bridgehead atoms. The van der Waals surface area contributed by atoms with Crippen molar-refractivity contribution >= 4 is 5.91 Å². The average molecular weight is 251 g/mol. The SMILES string of the molecule is Cc1cc(C(=O)NC2CCCCC2CO)oc1C. The summed E-state index contributed by atoms with van der Waals surface area (Å²) in [5.74, 6) is 1.16. The molecule has 2 unspecified atom stereocenters. The van der Waals surface area contributed by atoms with Gasteiger partial charge < -0.3 is 14.8 Å². The molecule has 1 heterocycles. The fourth-order valence-corrected chi connectivity index (χ4v) is 2.54. The first-order valence-corrected chi connectivity index (χ1v) is 6.60. The van der Waals surface area contributed by atoms with Gasteiger partial charge in [0.15, 0.2) is 5.76 Å². The van der Waals surface area contributed by atoms with Crippen molar-refractivity contribution in [3.63, 3.8) is 0 Å². The molecule has 1 aliphatic rings. The van der Waals surface area contributed by atoms with Gasteiger partial charge in [0.1, 0.15) is 5.76 Å². The maximum Gasteiger partial charge on any atom is 0.287 e. The monoisotopic (exact) mass is 251 g/mol. The van der Waals surface area contributed by atoms with Crippen LogP contribution in [0.3, 0.4) is 0 Å². The molecule has 2 N–H and O–H groups in total. The van der Waals surface area contributed by atoms with Gasteiger partial charge in [0, 0.05) is 18.6 Å². The van der Waals surface area contributed by atoms with E-state index in [-0.39, 0.29) is 24.5 Å². The smallest absolute Gasteiger partial charge is 0.287 e. The van der Waals surface area contributed by atoms with Crippen molar-refractivity contribution in [1.29, 1.82) is 0 Å². The number of amides is 1. The van der Waals surface area contributed by atoms with E-state index in [2.05, 4.69) is 5.32 Å². The maximum absolute atomic E-state index is 12.1. The zero-order valence-electron chi connectivity index (χ0n) is 11.0. The van der Waals surface area contributed by atoms with Crippen molar-refractivity contribution in [2.24, 2.45) is 5.92 Å². The maximum atomic E-state index is 12.1. The molecule has 1 aromatic heterocycles. The van der Waals surface area contributed by atoms with Crippen LogP contribution in [0.2, 0.25) is 0 Å². The molecule has 1 amide bonds. The fraction of sp³-hybridized carbons (Fsp3) is 0.643. The van der Waals surface area contributed by atoms with Crippen LogP contribution in [-0.4, -0.2) is 23.7 Å². The molecule has 1 saturated carbocycles. The predicted octanol–water partition coefficient (Wildman–Crippen LogP) is 2.18. The van der Waals surface area contributed by atoms with E-state index in [0.717, 1.165) is 37.0 Å². The van der Waals surface area contributed by atoms with E-state index >= 15 is 0 Å². The molecule has 0 saturated heterocycles. The lowest BCUT2D eigenvalue weighted by molar-refractivity contribution is 0.0844. The topological polar surface area (TPSA) is 62.5 Å². The van der Waals surface area contributed by atoms with Crippen molar-refractivity contribution < 1.29 is 14.3 Å². The van der Waals surface area contributed by atoms with Gasteiger partial charge in [-0.3, -0.25) is 4.79 Å². The van der Waals surface area contributed by atoms with Crippen LogP contribution >= 0.6 is 0 Å². The lowest BCUT2D eigenvalue weighted by Crippen LogP contribution is -2.43. The Morgan fingerprint density at radius 3 is 2.78 bits per heavy atom.